The number of aromatic nitrogens is 2. The second-order valence-corrected chi connectivity index (χ2v) is 6.60. The van der Waals surface area contributed by atoms with Crippen LogP contribution in [-0.2, 0) is 6.54 Å². The molecule has 1 aromatic carbocycles. The molecule has 0 bridgehead atoms. The van der Waals surface area contributed by atoms with Crippen LogP contribution in [0.25, 0.3) is 0 Å². The van der Waals surface area contributed by atoms with E-state index in [0.717, 1.165) is 31.9 Å². The van der Waals surface area contributed by atoms with E-state index >= 15 is 0 Å². The van der Waals surface area contributed by atoms with Gasteiger partial charge < -0.3 is 9.80 Å². The van der Waals surface area contributed by atoms with E-state index in [9.17, 15) is 4.79 Å². The summed E-state index contributed by atoms with van der Waals surface area (Å²) in [5.74, 6) is 1.34. The first-order valence-electron chi connectivity index (χ1n) is 8.50. The number of hydrogen-bond donors (Lipinski definition) is 0. The van der Waals surface area contributed by atoms with Crippen molar-refractivity contribution in [3.63, 3.8) is 0 Å². The van der Waals surface area contributed by atoms with Crippen LogP contribution < -0.4 is 4.90 Å². The number of amides is 1. The molecule has 0 aliphatic carbocycles. The summed E-state index contributed by atoms with van der Waals surface area (Å²) in [6.45, 7) is 4.57. The van der Waals surface area contributed by atoms with Crippen molar-refractivity contribution in [2.45, 2.75) is 26.3 Å². The van der Waals surface area contributed by atoms with E-state index in [1.165, 1.54) is 18.3 Å². The monoisotopic (exact) mass is 324 g/mol. The number of benzene rings is 1. The molecule has 2 aromatic rings. The van der Waals surface area contributed by atoms with E-state index in [1.54, 1.807) is 6.07 Å². The number of rotatable bonds is 4. The van der Waals surface area contributed by atoms with Crippen LogP contribution in [0.2, 0.25) is 0 Å². The highest BCUT2D eigenvalue weighted by Crippen LogP contribution is 2.19. The topological polar surface area (TPSA) is 49.3 Å². The van der Waals surface area contributed by atoms with Crippen LogP contribution in [0.15, 0.2) is 42.7 Å². The molecule has 1 fully saturated rings. The molecule has 0 N–H and O–H groups in total. The summed E-state index contributed by atoms with van der Waals surface area (Å²) in [4.78, 5) is 25.2. The number of likely N-dealkylation sites (tertiary alicyclic amines) is 1. The van der Waals surface area contributed by atoms with E-state index in [0.29, 0.717) is 11.6 Å². The van der Waals surface area contributed by atoms with Crippen molar-refractivity contribution in [3.8, 4) is 0 Å². The molecular formula is C19H24N4O. The largest absolute Gasteiger partial charge is 0.355 e. The lowest BCUT2D eigenvalue weighted by Crippen LogP contribution is -2.39. The molecule has 0 saturated carbocycles. The van der Waals surface area contributed by atoms with Crippen LogP contribution in [0, 0.1) is 5.92 Å². The molecule has 1 atom stereocenters. The highest BCUT2D eigenvalue weighted by molar-refractivity contribution is 5.93. The molecule has 1 amide bonds. The number of carbonyl (C=O) groups is 1. The number of anilines is 1. The molecule has 5 nitrogen and oxygen atoms in total. The zero-order valence-corrected chi connectivity index (χ0v) is 14.4. The maximum atomic E-state index is 12.7. The Balaban J connectivity index is 1.72. The molecule has 0 radical (unpaired) electrons. The Morgan fingerprint density at radius 2 is 2.08 bits per heavy atom. The highest BCUT2D eigenvalue weighted by atomic mass is 16.2. The smallest absolute Gasteiger partial charge is 0.272 e. The number of nitrogens with zero attached hydrogens (tertiary/aromatic N) is 4. The van der Waals surface area contributed by atoms with Crippen molar-refractivity contribution in [1.29, 1.82) is 0 Å². The van der Waals surface area contributed by atoms with Crippen LogP contribution in [-0.4, -0.2) is 40.9 Å². The van der Waals surface area contributed by atoms with Crippen LogP contribution in [0.5, 0.6) is 0 Å². The Morgan fingerprint density at radius 3 is 2.83 bits per heavy atom. The third-order valence-corrected chi connectivity index (χ3v) is 4.47. The van der Waals surface area contributed by atoms with Crippen molar-refractivity contribution in [1.82, 2.24) is 14.9 Å². The van der Waals surface area contributed by atoms with Gasteiger partial charge in [0, 0.05) is 32.7 Å². The van der Waals surface area contributed by atoms with E-state index in [1.807, 2.05) is 35.0 Å². The van der Waals surface area contributed by atoms with E-state index < -0.39 is 0 Å². The third kappa shape index (κ3) is 3.91. The minimum atomic E-state index is 0.0123. The van der Waals surface area contributed by atoms with Crippen molar-refractivity contribution in [2.24, 2.45) is 5.92 Å². The summed E-state index contributed by atoms with van der Waals surface area (Å²) < 4.78 is 0. The van der Waals surface area contributed by atoms with Gasteiger partial charge in [0.1, 0.15) is 17.8 Å². The second kappa shape index (κ2) is 7.43. The average Bonchev–Trinajstić information content (AvgIpc) is 2.62. The summed E-state index contributed by atoms with van der Waals surface area (Å²) in [7, 11) is 1.98. The Labute approximate surface area is 143 Å². The molecule has 126 valence electrons. The van der Waals surface area contributed by atoms with Gasteiger partial charge in [-0.3, -0.25) is 4.79 Å². The van der Waals surface area contributed by atoms with Crippen LogP contribution >= 0.6 is 0 Å². The summed E-state index contributed by atoms with van der Waals surface area (Å²) in [6, 6.07) is 12.0. The number of carbonyl (C=O) groups excluding carboxylic acids is 1. The molecule has 1 aliphatic heterocycles. The number of hydrogen-bond acceptors (Lipinski definition) is 4. The third-order valence-electron chi connectivity index (χ3n) is 4.47. The van der Waals surface area contributed by atoms with Gasteiger partial charge in [0.2, 0.25) is 0 Å². The van der Waals surface area contributed by atoms with Gasteiger partial charge in [-0.25, -0.2) is 9.97 Å². The molecule has 3 rings (SSSR count). The van der Waals surface area contributed by atoms with Gasteiger partial charge in [-0.05, 0) is 24.3 Å². The van der Waals surface area contributed by atoms with Crippen LogP contribution in [0.1, 0.15) is 35.8 Å². The van der Waals surface area contributed by atoms with E-state index in [4.69, 9.17) is 0 Å². The van der Waals surface area contributed by atoms with Crippen molar-refractivity contribution in [3.05, 3.63) is 54.0 Å². The van der Waals surface area contributed by atoms with Gasteiger partial charge in [-0.1, -0.05) is 37.3 Å². The first-order valence-corrected chi connectivity index (χ1v) is 8.50. The minimum absolute atomic E-state index is 0.0123. The molecule has 1 unspecified atom stereocenters. The highest BCUT2D eigenvalue weighted by Gasteiger charge is 2.23. The average molecular weight is 324 g/mol. The Morgan fingerprint density at radius 1 is 1.29 bits per heavy atom. The normalized spacial score (nSPS) is 17.6. The minimum Gasteiger partial charge on any atom is -0.355 e. The molecule has 0 spiro atoms. The Kier molecular flexibility index (Phi) is 5.08. The fourth-order valence-electron chi connectivity index (χ4n) is 3.15. The predicted molar refractivity (Wildman–Crippen MR) is 94.9 cm³/mol. The van der Waals surface area contributed by atoms with Crippen LogP contribution in [0.4, 0.5) is 5.82 Å². The lowest BCUT2D eigenvalue weighted by molar-refractivity contribution is 0.0677. The lowest BCUT2D eigenvalue weighted by atomic mass is 10.00. The van der Waals surface area contributed by atoms with Crippen molar-refractivity contribution in [2.75, 3.05) is 25.0 Å². The molecule has 2 heterocycles. The maximum absolute atomic E-state index is 12.7. The molecule has 24 heavy (non-hydrogen) atoms. The summed E-state index contributed by atoms with van der Waals surface area (Å²) in [5.41, 5.74) is 1.69. The first kappa shape index (κ1) is 16.4. The summed E-state index contributed by atoms with van der Waals surface area (Å²) in [5, 5.41) is 0. The summed E-state index contributed by atoms with van der Waals surface area (Å²) in [6.07, 6.45) is 3.74. The zero-order chi connectivity index (χ0) is 16.9. The van der Waals surface area contributed by atoms with Crippen LogP contribution in [0.3, 0.4) is 0 Å². The van der Waals surface area contributed by atoms with Gasteiger partial charge in [0.15, 0.2) is 0 Å². The lowest BCUT2D eigenvalue weighted by Gasteiger charge is -2.30. The molecule has 1 aromatic heterocycles. The fraction of sp³-hybridized carbons (Fsp3) is 0.421. The van der Waals surface area contributed by atoms with E-state index in [-0.39, 0.29) is 5.91 Å². The van der Waals surface area contributed by atoms with Crippen molar-refractivity contribution < 1.29 is 4.79 Å². The van der Waals surface area contributed by atoms with E-state index in [2.05, 4.69) is 29.0 Å². The van der Waals surface area contributed by atoms with Gasteiger partial charge in [0.05, 0.1) is 0 Å². The standard InChI is InChI=1S/C19H24N4O/c1-15-7-6-10-23(12-15)19(24)17-11-18(21-14-20-17)22(2)13-16-8-4-3-5-9-16/h3-5,8-9,11,14-15H,6-7,10,12-13H2,1-2H3. The van der Waals surface area contributed by atoms with Crippen molar-refractivity contribution >= 4 is 11.7 Å². The van der Waals surface area contributed by atoms with Gasteiger partial charge in [0.25, 0.3) is 5.91 Å². The quantitative estimate of drug-likeness (QED) is 0.867. The fourth-order valence-corrected chi connectivity index (χ4v) is 3.15. The molecule has 1 saturated heterocycles. The Hall–Kier alpha value is -2.43. The number of piperidine rings is 1. The molecule has 5 heteroatoms. The van der Waals surface area contributed by atoms with Gasteiger partial charge in [-0.15, -0.1) is 0 Å². The predicted octanol–water partition coefficient (Wildman–Crippen LogP) is 2.99. The Bertz CT molecular complexity index is 689. The first-order chi connectivity index (χ1) is 11.6. The second-order valence-electron chi connectivity index (χ2n) is 6.60. The molecule has 1 aliphatic rings. The van der Waals surface area contributed by atoms with Gasteiger partial charge in [-0.2, -0.15) is 0 Å². The van der Waals surface area contributed by atoms with Gasteiger partial charge >= 0.3 is 0 Å². The molecular weight excluding hydrogens is 300 g/mol. The zero-order valence-electron chi connectivity index (χ0n) is 14.4. The maximum Gasteiger partial charge on any atom is 0.272 e. The summed E-state index contributed by atoms with van der Waals surface area (Å²) >= 11 is 0. The SMILES string of the molecule is CC1CCCN(C(=O)c2cc(N(C)Cc3ccccc3)ncn2)C1.